The van der Waals surface area contributed by atoms with Gasteiger partial charge in [0.05, 0.1) is 6.54 Å². The molecule has 1 saturated heterocycles. The third kappa shape index (κ3) is 8.50. The molecule has 2 rings (SSSR count). The van der Waals surface area contributed by atoms with Crippen molar-refractivity contribution in [2.75, 3.05) is 32.7 Å². The topological polar surface area (TPSA) is 95.1 Å². The highest BCUT2D eigenvalue weighted by Crippen LogP contribution is 2.26. The van der Waals surface area contributed by atoms with Crippen molar-refractivity contribution < 1.29 is 14.3 Å². The van der Waals surface area contributed by atoms with Crippen molar-refractivity contribution in [3.05, 3.63) is 0 Å². The number of likely N-dealkylation sites (tertiary alicyclic amines) is 1. The first kappa shape index (κ1) is 23.3. The molecule has 0 radical (unpaired) electrons. The summed E-state index contributed by atoms with van der Waals surface area (Å²) in [5.41, 5.74) is -0.507. The Morgan fingerprint density at radius 1 is 1.10 bits per heavy atom. The molecular formula is C21H39N5O3. The Morgan fingerprint density at radius 3 is 2.48 bits per heavy atom. The third-order valence-electron chi connectivity index (χ3n) is 5.19. The quantitative estimate of drug-likeness (QED) is 0.355. The fourth-order valence-corrected chi connectivity index (χ4v) is 3.84. The van der Waals surface area contributed by atoms with Crippen LogP contribution >= 0.6 is 0 Å². The minimum Gasteiger partial charge on any atom is -0.444 e. The molecular weight excluding hydrogens is 370 g/mol. The predicted octanol–water partition coefficient (Wildman–Crippen LogP) is 2.25. The van der Waals surface area contributed by atoms with Crippen molar-refractivity contribution in [1.29, 1.82) is 0 Å². The van der Waals surface area contributed by atoms with E-state index in [2.05, 4.69) is 20.9 Å². The van der Waals surface area contributed by atoms with Crippen LogP contribution < -0.4 is 16.0 Å². The van der Waals surface area contributed by atoms with E-state index >= 15 is 0 Å². The van der Waals surface area contributed by atoms with Crippen LogP contribution in [-0.2, 0) is 9.53 Å². The average molecular weight is 410 g/mol. The second-order valence-electron chi connectivity index (χ2n) is 8.94. The van der Waals surface area contributed by atoms with Crippen molar-refractivity contribution in [2.45, 2.75) is 77.9 Å². The predicted molar refractivity (Wildman–Crippen MR) is 115 cm³/mol. The van der Waals surface area contributed by atoms with E-state index in [1.165, 1.54) is 19.3 Å². The maximum Gasteiger partial charge on any atom is 0.407 e. The molecule has 1 unspecified atom stereocenters. The van der Waals surface area contributed by atoms with Gasteiger partial charge < -0.3 is 25.6 Å². The Labute approximate surface area is 175 Å². The number of amides is 2. The Balaban J connectivity index is 1.75. The third-order valence-corrected chi connectivity index (χ3v) is 5.19. The van der Waals surface area contributed by atoms with Crippen LogP contribution in [0.1, 0.15) is 66.2 Å². The van der Waals surface area contributed by atoms with E-state index in [4.69, 9.17) is 4.74 Å². The molecule has 3 N–H and O–H groups in total. The van der Waals surface area contributed by atoms with Crippen molar-refractivity contribution >= 4 is 18.0 Å². The fraction of sp³-hybridized carbons (Fsp3) is 0.857. The first-order chi connectivity index (χ1) is 13.8. The summed E-state index contributed by atoms with van der Waals surface area (Å²) in [6.07, 6.45) is 6.21. The second-order valence-corrected chi connectivity index (χ2v) is 8.94. The number of nitrogens with zero attached hydrogens (tertiary/aromatic N) is 2. The number of carbonyl (C=O) groups excluding carboxylic acids is 2. The summed E-state index contributed by atoms with van der Waals surface area (Å²) >= 11 is 0. The maximum atomic E-state index is 12.7. The van der Waals surface area contributed by atoms with Gasteiger partial charge in [-0.15, -0.1) is 0 Å². The van der Waals surface area contributed by atoms with Crippen molar-refractivity contribution in [1.82, 2.24) is 20.9 Å². The smallest absolute Gasteiger partial charge is 0.407 e. The molecule has 8 heteroatoms. The molecule has 29 heavy (non-hydrogen) atoms. The first-order valence-electron chi connectivity index (χ1n) is 11.1. The number of hydrogen-bond donors (Lipinski definition) is 3. The van der Waals surface area contributed by atoms with E-state index in [0.717, 1.165) is 44.9 Å². The SMILES string of the molecule is CCNC(=NCCNC(=O)OC(C)(C)C)NC1CCN(C(=O)C2CCCCC2)C1. The van der Waals surface area contributed by atoms with Gasteiger partial charge in [-0.1, -0.05) is 19.3 Å². The molecule has 1 atom stereocenters. The van der Waals surface area contributed by atoms with Gasteiger partial charge in [0, 0.05) is 38.1 Å². The number of aliphatic imine (C=N–C) groups is 1. The molecule has 2 fully saturated rings. The van der Waals surface area contributed by atoms with Gasteiger partial charge in [-0.2, -0.15) is 0 Å². The molecule has 0 aromatic heterocycles. The van der Waals surface area contributed by atoms with Crippen LogP contribution in [0.15, 0.2) is 4.99 Å². The highest BCUT2D eigenvalue weighted by Gasteiger charge is 2.31. The van der Waals surface area contributed by atoms with Crippen LogP contribution in [0.3, 0.4) is 0 Å². The largest absolute Gasteiger partial charge is 0.444 e. The molecule has 2 aliphatic rings. The Morgan fingerprint density at radius 2 is 1.83 bits per heavy atom. The standard InChI is InChI=1S/C21H39N5O3/c1-5-22-19(23-12-13-24-20(28)29-21(2,3)4)25-17-11-14-26(15-17)18(27)16-9-7-6-8-10-16/h16-17H,5-15H2,1-4H3,(H,24,28)(H2,22,23,25). The number of alkyl carbamates (subject to hydrolysis) is 1. The van der Waals surface area contributed by atoms with Crippen molar-refractivity contribution in [2.24, 2.45) is 10.9 Å². The lowest BCUT2D eigenvalue weighted by atomic mass is 9.88. The number of hydrogen-bond acceptors (Lipinski definition) is 4. The summed E-state index contributed by atoms with van der Waals surface area (Å²) in [5, 5.41) is 9.38. The van der Waals surface area contributed by atoms with Gasteiger partial charge in [-0.25, -0.2) is 4.79 Å². The van der Waals surface area contributed by atoms with Crippen LogP contribution in [0.25, 0.3) is 0 Å². The summed E-state index contributed by atoms with van der Waals surface area (Å²) in [4.78, 5) is 31.0. The molecule has 0 aromatic carbocycles. The minimum atomic E-state index is -0.507. The van der Waals surface area contributed by atoms with Gasteiger partial charge in [0.25, 0.3) is 0 Å². The van der Waals surface area contributed by atoms with Gasteiger partial charge in [-0.3, -0.25) is 9.79 Å². The van der Waals surface area contributed by atoms with Crippen molar-refractivity contribution in [3.8, 4) is 0 Å². The highest BCUT2D eigenvalue weighted by atomic mass is 16.6. The number of guanidine groups is 1. The second kappa shape index (κ2) is 11.3. The number of nitrogens with one attached hydrogen (secondary N) is 3. The summed E-state index contributed by atoms with van der Waals surface area (Å²) in [7, 11) is 0. The van der Waals surface area contributed by atoms with E-state index in [9.17, 15) is 9.59 Å². The number of ether oxygens (including phenoxy) is 1. The molecule has 1 saturated carbocycles. The van der Waals surface area contributed by atoms with Crippen LogP contribution in [0.2, 0.25) is 0 Å². The summed E-state index contributed by atoms with van der Waals surface area (Å²) in [6.45, 7) is 10.7. The average Bonchev–Trinajstić information content (AvgIpc) is 3.12. The van der Waals surface area contributed by atoms with Crippen LogP contribution in [-0.4, -0.2) is 67.2 Å². The number of rotatable bonds is 6. The molecule has 166 valence electrons. The van der Waals surface area contributed by atoms with Gasteiger partial charge in [0.15, 0.2) is 5.96 Å². The van der Waals surface area contributed by atoms with E-state index in [1.54, 1.807) is 0 Å². The zero-order chi connectivity index (χ0) is 21.3. The van der Waals surface area contributed by atoms with E-state index in [-0.39, 0.29) is 12.0 Å². The van der Waals surface area contributed by atoms with Crippen LogP contribution in [0.4, 0.5) is 4.79 Å². The molecule has 1 heterocycles. The van der Waals surface area contributed by atoms with Crippen LogP contribution in [0.5, 0.6) is 0 Å². The monoisotopic (exact) mass is 409 g/mol. The normalized spacial score (nSPS) is 21.0. The van der Waals surface area contributed by atoms with E-state index < -0.39 is 11.7 Å². The molecule has 1 aliphatic heterocycles. The van der Waals surface area contributed by atoms with E-state index in [1.807, 2.05) is 32.6 Å². The lowest BCUT2D eigenvalue weighted by molar-refractivity contribution is -0.135. The Hall–Kier alpha value is -1.99. The summed E-state index contributed by atoms with van der Waals surface area (Å²) in [6, 6.07) is 0.208. The molecule has 1 aliphatic carbocycles. The van der Waals surface area contributed by atoms with Crippen molar-refractivity contribution in [3.63, 3.8) is 0 Å². The van der Waals surface area contributed by atoms with Gasteiger partial charge in [0.1, 0.15) is 5.60 Å². The van der Waals surface area contributed by atoms with Gasteiger partial charge in [-0.05, 0) is 47.0 Å². The lowest BCUT2D eigenvalue weighted by Gasteiger charge is -2.26. The summed E-state index contributed by atoms with van der Waals surface area (Å²) in [5.74, 6) is 1.27. The Kier molecular flexibility index (Phi) is 9.04. The van der Waals surface area contributed by atoms with Gasteiger partial charge >= 0.3 is 6.09 Å². The fourth-order valence-electron chi connectivity index (χ4n) is 3.84. The minimum absolute atomic E-state index is 0.208. The zero-order valence-corrected chi connectivity index (χ0v) is 18.6. The molecule has 2 amide bonds. The van der Waals surface area contributed by atoms with Gasteiger partial charge in [0.2, 0.25) is 5.91 Å². The zero-order valence-electron chi connectivity index (χ0n) is 18.6. The summed E-state index contributed by atoms with van der Waals surface area (Å²) < 4.78 is 5.22. The Bertz CT molecular complexity index is 567. The lowest BCUT2D eigenvalue weighted by Crippen LogP contribution is -2.46. The first-order valence-corrected chi connectivity index (χ1v) is 11.1. The van der Waals surface area contributed by atoms with E-state index in [0.29, 0.717) is 19.0 Å². The highest BCUT2D eigenvalue weighted by molar-refractivity contribution is 5.81. The number of carbonyl (C=O) groups is 2. The molecule has 0 aromatic rings. The molecule has 0 bridgehead atoms. The van der Waals surface area contributed by atoms with Crippen LogP contribution in [0, 0.1) is 5.92 Å². The molecule has 8 nitrogen and oxygen atoms in total. The maximum absolute atomic E-state index is 12.7. The molecule has 0 spiro atoms.